The third-order valence-corrected chi connectivity index (χ3v) is 10.8. The van der Waals surface area contributed by atoms with Crippen molar-refractivity contribution < 1.29 is 27.8 Å². The number of benzene rings is 1. The Kier molecular flexibility index (Phi) is 6.55. The van der Waals surface area contributed by atoms with Crippen LogP contribution in [-0.4, -0.2) is 65.2 Å². The first-order valence-corrected chi connectivity index (χ1v) is 15.0. The lowest BCUT2D eigenvalue weighted by molar-refractivity contribution is -0.199. The second-order valence-corrected chi connectivity index (χ2v) is 13.3. The lowest BCUT2D eigenvalue weighted by atomic mass is 9.43. The molecule has 1 amide bonds. The first-order valence-electron chi connectivity index (χ1n) is 13.5. The van der Waals surface area contributed by atoms with Crippen molar-refractivity contribution in [2.75, 3.05) is 19.4 Å². The maximum atomic E-state index is 13.0. The molecule has 0 radical (unpaired) electrons. The number of para-hydroxylation sites is 1. The van der Waals surface area contributed by atoms with Crippen molar-refractivity contribution in [2.45, 2.75) is 76.6 Å². The molecule has 5 fully saturated rings. The fourth-order valence-electron chi connectivity index (χ4n) is 7.39. The van der Waals surface area contributed by atoms with Crippen LogP contribution in [-0.2, 0) is 31.8 Å². The number of amides is 1. The fraction of sp³-hybridized carbons (Fsp3) is 0.667. The monoisotopic (exact) mass is 528 g/mol. The third-order valence-electron chi connectivity index (χ3n) is 9.66. The van der Waals surface area contributed by atoms with E-state index in [4.69, 9.17) is 18.5 Å². The molecular formula is C27H37BN2O6S. The number of furan rings is 1. The molecule has 7 rings (SSSR count). The molecule has 3 heterocycles. The molecule has 37 heavy (non-hydrogen) atoms. The van der Waals surface area contributed by atoms with Crippen LogP contribution in [0.4, 0.5) is 4.79 Å². The van der Waals surface area contributed by atoms with E-state index in [1.807, 2.05) is 28.6 Å². The van der Waals surface area contributed by atoms with Gasteiger partial charge in [0.25, 0.3) is 0 Å². The Morgan fingerprint density at radius 2 is 2.14 bits per heavy atom. The maximum absolute atomic E-state index is 13.0. The Morgan fingerprint density at radius 1 is 1.32 bits per heavy atom. The first-order chi connectivity index (χ1) is 17.7. The average molecular weight is 528 g/mol. The zero-order valence-electron chi connectivity index (χ0n) is 22.1. The predicted octanol–water partition coefficient (Wildman–Crippen LogP) is 4.10. The summed E-state index contributed by atoms with van der Waals surface area (Å²) in [4.78, 5) is 13.0. The highest BCUT2D eigenvalue weighted by molar-refractivity contribution is 7.88. The van der Waals surface area contributed by atoms with E-state index in [2.05, 4.69) is 26.1 Å². The molecule has 1 aromatic heterocycles. The number of alkyl carbamates (subject to hydrolysis) is 1. The standard InChI is InChI=1S/C27H37BN2O6S/c1-26(2)18-13-22(26)27(3)23(14-18)35-28(36-27)24(12-17-15-33-21-10-6-5-9-20(17)21)29-25(31)34-16-19-8-7-11-30(19)37(4)32/h5-6,9-10,15,18-19,22-24H,7-8,11-14,16H2,1-4H3,(H,29,31)/t18-,19?,22?,23?,24?,27-,37?/m0/s1. The minimum Gasteiger partial charge on any atom is -0.598 e. The van der Waals surface area contributed by atoms with Gasteiger partial charge in [-0.3, -0.25) is 0 Å². The van der Waals surface area contributed by atoms with E-state index in [0.717, 1.165) is 42.3 Å². The lowest BCUT2D eigenvalue weighted by Gasteiger charge is -2.64. The summed E-state index contributed by atoms with van der Waals surface area (Å²) >= 11 is -1.08. The molecule has 1 aromatic carbocycles. The molecule has 8 nitrogen and oxygen atoms in total. The van der Waals surface area contributed by atoms with Gasteiger partial charge in [-0.25, -0.2) is 4.79 Å². The molecule has 2 bridgehead atoms. The van der Waals surface area contributed by atoms with Crippen LogP contribution in [0.25, 0.3) is 11.0 Å². The van der Waals surface area contributed by atoms with Crippen molar-refractivity contribution in [2.24, 2.45) is 17.3 Å². The molecule has 200 valence electrons. The van der Waals surface area contributed by atoms with Gasteiger partial charge in [-0.1, -0.05) is 32.0 Å². The van der Waals surface area contributed by atoms with E-state index < -0.39 is 30.5 Å². The van der Waals surface area contributed by atoms with Crippen LogP contribution in [0, 0.1) is 17.3 Å². The number of carbonyl (C=O) groups is 1. The third kappa shape index (κ3) is 4.38. The normalized spacial score (nSPS) is 34.1. The Balaban J connectivity index is 1.19. The van der Waals surface area contributed by atoms with E-state index in [0.29, 0.717) is 18.3 Å². The predicted molar refractivity (Wildman–Crippen MR) is 142 cm³/mol. The van der Waals surface area contributed by atoms with Crippen LogP contribution in [0.5, 0.6) is 0 Å². The van der Waals surface area contributed by atoms with Crippen molar-refractivity contribution in [1.82, 2.24) is 9.62 Å². The fourth-order valence-corrected chi connectivity index (χ4v) is 8.37. The highest BCUT2D eigenvalue weighted by Crippen LogP contribution is 2.65. The summed E-state index contributed by atoms with van der Waals surface area (Å²) in [6, 6.07) is 7.87. The number of fused-ring (bicyclic) bond motifs is 1. The molecule has 2 aromatic rings. The molecule has 5 aliphatic rings. The maximum Gasteiger partial charge on any atom is 0.482 e. The van der Waals surface area contributed by atoms with Crippen LogP contribution < -0.4 is 5.32 Å². The number of carbonyl (C=O) groups excluding carboxylic acids is 1. The molecule has 7 atom stereocenters. The summed E-state index contributed by atoms with van der Waals surface area (Å²) in [6.45, 7) is 7.82. The van der Waals surface area contributed by atoms with E-state index in [9.17, 15) is 9.35 Å². The van der Waals surface area contributed by atoms with Crippen LogP contribution in [0.15, 0.2) is 34.9 Å². The number of ether oxygens (including phenoxy) is 1. The summed E-state index contributed by atoms with van der Waals surface area (Å²) in [5.74, 6) is 0.626. The Hall–Kier alpha value is -1.72. The smallest absolute Gasteiger partial charge is 0.482 e. The van der Waals surface area contributed by atoms with Gasteiger partial charge >= 0.3 is 13.2 Å². The highest BCUT2D eigenvalue weighted by atomic mass is 32.2. The molecule has 10 heteroatoms. The minimum atomic E-state index is -1.08. The van der Waals surface area contributed by atoms with Gasteiger partial charge in [0.2, 0.25) is 0 Å². The minimum absolute atomic E-state index is 0.0160. The molecule has 5 unspecified atom stereocenters. The number of hydrogen-bond donors (Lipinski definition) is 1. The molecule has 2 aliphatic heterocycles. The summed E-state index contributed by atoms with van der Waals surface area (Å²) in [5, 5.41) is 4.07. The average Bonchev–Trinajstić information content (AvgIpc) is 3.58. The van der Waals surface area contributed by atoms with Crippen LogP contribution in [0.2, 0.25) is 0 Å². The zero-order chi connectivity index (χ0) is 25.9. The van der Waals surface area contributed by atoms with Crippen molar-refractivity contribution in [3.8, 4) is 0 Å². The van der Waals surface area contributed by atoms with Crippen LogP contribution in [0.3, 0.4) is 0 Å². The summed E-state index contributed by atoms with van der Waals surface area (Å²) in [7, 11) is -0.586. The van der Waals surface area contributed by atoms with Gasteiger partial charge in [0.15, 0.2) is 0 Å². The number of nitrogens with zero attached hydrogens (tertiary/aromatic N) is 1. The van der Waals surface area contributed by atoms with Crippen molar-refractivity contribution in [1.29, 1.82) is 0 Å². The van der Waals surface area contributed by atoms with Crippen molar-refractivity contribution in [3.05, 3.63) is 36.1 Å². The quantitative estimate of drug-likeness (QED) is 0.427. The van der Waals surface area contributed by atoms with E-state index in [-0.39, 0.29) is 29.8 Å². The van der Waals surface area contributed by atoms with Gasteiger partial charge in [0.1, 0.15) is 18.4 Å². The summed E-state index contributed by atoms with van der Waals surface area (Å²) in [5.41, 5.74) is 1.66. The number of rotatable bonds is 7. The molecule has 3 aliphatic carbocycles. The van der Waals surface area contributed by atoms with Gasteiger partial charge in [-0.2, -0.15) is 0 Å². The highest BCUT2D eigenvalue weighted by Gasteiger charge is 2.68. The Bertz CT molecular complexity index is 1160. The van der Waals surface area contributed by atoms with Gasteiger partial charge in [0.05, 0.1) is 30.0 Å². The van der Waals surface area contributed by atoms with Gasteiger partial charge in [0, 0.05) is 23.3 Å². The largest absolute Gasteiger partial charge is 0.598 e. The van der Waals surface area contributed by atoms with Gasteiger partial charge in [-0.15, -0.1) is 4.31 Å². The van der Waals surface area contributed by atoms with E-state index in [1.54, 1.807) is 12.5 Å². The molecule has 1 N–H and O–H groups in total. The topological polar surface area (TPSA) is 96.2 Å². The van der Waals surface area contributed by atoms with Crippen molar-refractivity contribution >= 4 is 35.5 Å². The first kappa shape index (κ1) is 25.6. The van der Waals surface area contributed by atoms with Gasteiger partial charge < -0.3 is 28.3 Å². The second-order valence-electron chi connectivity index (χ2n) is 12.0. The van der Waals surface area contributed by atoms with Gasteiger partial charge in [-0.05, 0) is 67.9 Å². The molecule has 0 spiro atoms. The second kappa shape index (κ2) is 9.48. The number of nitrogens with one attached hydrogen (secondary N) is 1. The summed E-state index contributed by atoms with van der Waals surface area (Å²) < 4.78 is 38.6. The molecular weight excluding hydrogens is 491 g/mol. The molecule has 3 saturated carbocycles. The number of hydrogen-bond acceptors (Lipinski definition) is 7. The van der Waals surface area contributed by atoms with Crippen molar-refractivity contribution in [3.63, 3.8) is 0 Å². The van der Waals surface area contributed by atoms with E-state index >= 15 is 0 Å². The zero-order valence-corrected chi connectivity index (χ0v) is 22.9. The van der Waals surface area contributed by atoms with Crippen LogP contribution >= 0.6 is 0 Å². The molecule has 2 saturated heterocycles. The lowest BCUT2D eigenvalue weighted by Crippen LogP contribution is -2.65. The van der Waals surface area contributed by atoms with Crippen LogP contribution in [0.1, 0.15) is 52.0 Å². The van der Waals surface area contributed by atoms with E-state index in [1.165, 1.54) is 6.42 Å². The SMILES string of the molecule is C[S+]([O-])N1CCCC1COC(=O)NC(Cc1coc2ccccc12)B1OC2C[C@@H]3CC(C3(C)C)[C@]2(C)O1. The Labute approximate surface area is 222 Å². The Morgan fingerprint density at radius 3 is 2.92 bits per heavy atom. The summed E-state index contributed by atoms with van der Waals surface area (Å²) in [6.07, 6.45) is 7.38.